The second kappa shape index (κ2) is 5.04. The minimum Gasteiger partial charge on any atom is -0.396 e. The van der Waals surface area contributed by atoms with Gasteiger partial charge in [0.15, 0.2) is 0 Å². The van der Waals surface area contributed by atoms with Gasteiger partial charge in [-0.25, -0.2) is 0 Å². The molecular weight excluding hydrogens is 236 g/mol. The van der Waals surface area contributed by atoms with Gasteiger partial charge in [-0.2, -0.15) is 0 Å². The predicted octanol–water partition coefficient (Wildman–Crippen LogP) is 2.72. The first kappa shape index (κ1) is 12.8. The number of fused-ring (bicyclic) bond motifs is 1. The van der Waals surface area contributed by atoms with Gasteiger partial charge in [-0.3, -0.25) is 10.4 Å². The molecule has 0 spiro atoms. The molecule has 0 aromatic carbocycles. The van der Waals surface area contributed by atoms with E-state index in [4.69, 9.17) is 5.11 Å². The fourth-order valence-corrected chi connectivity index (χ4v) is 3.89. The average molecular weight is 260 g/mol. The average Bonchev–Trinajstić information content (AvgIpc) is 2.77. The molecule has 3 aliphatic rings. The SMILES string of the molecule is C[C@H]1C2=CN(C)NC2=CC2=C1C(CCCO)CCC2. The van der Waals surface area contributed by atoms with Crippen LogP contribution in [-0.2, 0) is 0 Å². The van der Waals surface area contributed by atoms with E-state index in [1.807, 2.05) is 0 Å². The summed E-state index contributed by atoms with van der Waals surface area (Å²) in [6, 6.07) is 0. The normalized spacial score (nSPS) is 29.5. The van der Waals surface area contributed by atoms with Crippen LogP contribution >= 0.6 is 0 Å². The van der Waals surface area contributed by atoms with Crippen LogP contribution in [0.25, 0.3) is 0 Å². The zero-order valence-corrected chi connectivity index (χ0v) is 11.9. The minimum absolute atomic E-state index is 0.321. The number of hydrogen-bond acceptors (Lipinski definition) is 3. The monoisotopic (exact) mass is 260 g/mol. The Labute approximate surface area is 115 Å². The number of nitrogens with one attached hydrogen (secondary N) is 1. The lowest BCUT2D eigenvalue weighted by Gasteiger charge is -2.35. The Bertz CT molecular complexity index is 461. The fraction of sp³-hybridized carbons (Fsp3) is 0.625. The molecule has 2 N–H and O–H groups in total. The van der Waals surface area contributed by atoms with Crippen molar-refractivity contribution in [1.29, 1.82) is 0 Å². The van der Waals surface area contributed by atoms with Gasteiger partial charge < -0.3 is 5.11 Å². The maximum Gasteiger partial charge on any atom is 0.0597 e. The Kier molecular flexibility index (Phi) is 3.40. The second-order valence-electron chi connectivity index (χ2n) is 6.02. The second-order valence-corrected chi connectivity index (χ2v) is 6.02. The van der Waals surface area contributed by atoms with Gasteiger partial charge in [0.2, 0.25) is 0 Å². The van der Waals surface area contributed by atoms with Gasteiger partial charge in [0, 0.05) is 31.3 Å². The van der Waals surface area contributed by atoms with Crippen LogP contribution in [0.3, 0.4) is 0 Å². The summed E-state index contributed by atoms with van der Waals surface area (Å²) in [5, 5.41) is 11.1. The first-order valence-corrected chi connectivity index (χ1v) is 7.47. The number of hydrazine groups is 1. The summed E-state index contributed by atoms with van der Waals surface area (Å²) in [5.41, 5.74) is 9.32. The molecule has 0 amide bonds. The number of allylic oxidation sites excluding steroid dienone is 4. The Morgan fingerprint density at radius 2 is 2.32 bits per heavy atom. The fourth-order valence-electron chi connectivity index (χ4n) is 3.89. The van der Waals surface area contributed by atoms with Crippen molar-refractivity contribution in [2.24, 2.45) is 11.8 Å². The van der Waals surface area contributed by atoms with Gasteiger partial charge in [0.1, 0.15) is 0 Å². The zero-order chi connectivity index (χ0) is 13.4. The molecule has 1 heterocycles. The standard InChI is InChI=1S/C16H24N2O/c1-11-14-10-18(2)17-15(14)9-13-6-3-5-12(16(11)13)7-4-8-19/h9-12,17,19H,3-8H2,1-2H3/t11-,12?/m0/s1. The molecule has 0 bridgehead atoms. The Hall–Kier alpha value is -1.22. The third-order valence-electron chi connectivity index (χ3n) is 4.71. The first-order valence-electron chi connectivity index (χ1n) is 7.47. The summed E-state index contributed by atoms with van der Waals surface area (Å²) < 4.78 is 0. The molecule has 1 unspecified atom stereocenters. The van der Waals surface area contributed by atoms with E-state index in [9.17, 15) is 0 Å². The maximum absolute atomic E-state index is 9.09. The quantitative estimate of drug-likeness (QED) is 0.819. The van der Waals surface area contributed by atoms with Crippen molar-refractivity contribution in [2.75, 3.05) is 13.7 Å². The summed E-state index contributed by atoms with van der Waals surface area (Å²) in [6.45, 7) is 2.66. The molecule has 0 saturated carbocycles. The lowest BCUT2D eigenvalue weighted by molar-refractivity contribution is 0.269. The van der Waals surface area contributed by atoms with Crippen molar-refractivity contribution in [3.8, 4) is 0 Å². The number of nitrogens with zero attached hydrogens (tertiary/aromatic N) is 1. The first-order chi connectivity index (χ1) is 9.20. The lowest BCUT2D eigenvalue weighted by Crippen LogP contribution is -2.27. The molecule has 19 heavy (non-hydrogen) atoms. The highest BCUT2D eigenvalue weighted by Crippen LogP contribution is 2.45. The van der Waals surface area contributed by atoms with Gasteiger partial charge in [-0.05, 0) is 49.7 Å². The van der Waals surface area contributed by atoms with E-state index in [2.05, 4.69) is 36.7 Å². The van der Waals surface area contributed by atoms with E-state index < -0.39 is 0 Å². The van der Waals surface area contributed by atoms with Crippen LogP contribution in [0, 0.1) is 11.8 Å². The number of hydrogen-bond donors (Lipinski definition) is 2. The molecule has 0 radical (unpaired) electrons. The van der Waals surface area contributed by atoms with E-state index in [0.717, 1.165) is 12.8 Å². The van der Waals surface area contributed by atoms with Gasteiger partial charge >= 0.3 is 0 Å². The van der Waals surface area contributed by atoms with Crippen LogP contribution in [0.1, 0.15) is 39.0 Å². The van der Waals surface area contributed by atoms with Crippen molar-refractivity contribution in [3.05, 3.63) is 34.7 Å². The van der Waals surface area contributed by atoms with E-state index in [1.54, 1.807) is 11.1 Å². The number of aliphatic hydroxyl groups excluding tert-OH is 1. The molecule has 0 aromatic rings. The van der Waals surface area contributed by atoms with Crippen LogP contribution in [0.2, 0.25) is 0 Å². The molecule has 3 heteroatoms. The van der Waals surface area contributed by atoms with Crippen LogP contribution in [0.5, 0.6) is 0 Å². The van der Waals surface area contributed by atoms with Gasteiger partial charge in [-0.15, -0.1) is 0 Å². The third-order valence-corrected chi connectivity index (χ3v) is 4.71. The lowest BCUT2D eigenvalue weighted by atomic mass is 9.70. The summed E-state index contributed by atoms with van der Waals surface area (Å²) in [4.78, 5) is 0. The number of rotatable bonds is 3. The topological polar surface area (TPSA) is 35.5 Å². The summed E-state index contributed by atoms with van der Waals surface area (Å²) in [6.07, 6.45) is 10.5. The molecular formula is C16H24N2O. The molecule has 3 rings (SSSR count). The summed E-state index contributed by atoms with van der Waals surface area (Å²) >= 11 is 0. The molecule has 0 fully saturated rings. The van der Waals surface area contributed by atoms with Crippen molar-refractivity contribution in [2.45, 2.75) is 39.0 Å². The largest absolute Gasteiger partial charge is 0.396 e. The highest BCUT2D eigenvalue weighted by atomic mass is 16.2. The highest BCUT2D eigenvalue weighted by Gasteiger charge is 2.34. The predicted molar refractivity (Wildman–Crippen MR) is 76.9 cm³/mol. The molecule has 2 aliphatic carbocycles. The van der Waals surface area contributed by atoms with Crippen LogP contribution in [-0.4, -0.2) is 23.8 Å². The molecule has 0 aromatic heterocycles. The van der Waals surface area contributed by atoms with Crippen molar-refractivity contribution >= 4 is 0 Å². The molecule has 0 saturated heterocycles. The van der Waals surface area contributed by atoms with Crippen LogP contribution in [0.4, 0.5) is 0 Å². The minimum atomic E-state index is 0.321. The van der Waals surface area contributed by atoms with E-state index in [-0.39, 0.29) is 0 Å². The van der Waals surface area contributed by atoms with Gasteiger partial charge in [0.05, 0.1) is 5.70 Å². The molecule has 1 aliphatic heterocycles. The van der Waals surface area contributed by atoms with Crippen molar-refractivity contribution < 1.29 is 5.11 Å². The molecule has 3 nitrogen and oxygen atoms in total. The third kappa shape index (κ3) is 2.20. The van der Waals surface area contributed by atoms with Crippen LogP contribution < -0.4 is 5.43 Å². The smallest absolute Gasteiger partial charge is 0.0597 e. The maximum atomic E-state index is 9.09. The summed E-state index contributed by atoms with van der Waals surface area (Å²) in [7, 11) is 2.06. The van der Waals surface area contributed by atoms with E-state index in [1.165, 1.54) is 30.5 Å². The Balaban J connectivity index is 1.92. The van der Waals surface area contributed by atoms with Gasteiger partial charge in [0.25, 0.3) is 0 Å². The number of aliphatic hydroxyl groups is 1. The Morgan fingerprint density at radius 3 is 3.11 bits per heavy atom. The van der Waals surface area contributed by atoms with E-state index in [0.29, 0.717) is 18.4 Å². The Morgan fingerprint density at radius 1 is 1.47 bits per heavy atom. The molecule has 2 atom stereocenters. The van der Waals surface area contributed by atoms with Gasteiger partial charge in [-0.1, -0.05) is 12.5 Å². The molecule has 104 valence electrons. The summed E-state index contributed by atoms with van der Waals surface area (Å²) in [5.74, 6) is 1.20. The van der Waals surface area contributed by atoms with E-state index >= 15 is 0 Å². The highest BCUT2D eigenvalue weighted by molar-refractivity contribution is 5.51. The van der Waals surface area contributed by atoms with Crippen molar-refractivity contribution in [3.63, 3.8) is 0 Å². The van der Waals surface area contributed by atoms with Crippen LogP contribution in [0.15, 0.2) is 34.7 Å². The van der Waals surface area contributed by atoms with Crippen molar-refractivity contribution in [1.82, 2.24) is 10.4 Å². The zero-order valence-electron chi connectivity index (χ0n) is 11.9.